The van der Waals surface area contributed by atoms with Gasteiger partial charge in [-0.2, -0.15) is 0 Å². The van der Waals surface area contributed by atoms with Gasteiger partial charge in [0.05, 0.1) is 0 Å². The summed E-state index contributed by atoms with van der Waals surface area (Å²) in [4.78, 5) is 5.67. The number of halogens is 1. The summed E-state index contributed by atoms with van der Waals surface area (Å²) in [6.07, 6.45) is 3.10. The van der Waals surface area contributed by atoms with Crippen LogP contribution in [-0.2, 0) is 0 Å². The maximum Gasteiger partial charge on any atom is 0.0470 e. The molecule has 0 spiro atoms. The minimum atomic E-state index is 0. The van der Waals surface area contributed by atoms with Crippen LogP contribution in [0.5, 0.6) is 0 Å². The fourth-order valence-corrected chi connectivity index (χ4v) is 1.97. The van der Waals surface area contributed by atoms with E-state index in [0.717, 1.165) is 19.5 Å². The Morgan fingerprint density at radius 1 is 1.64 bits per heavy atom. The number of nitrogens with two attached hydrogens (primary N) is 1. The molecule has 80 valence electrons. The van der Waals surface area contributed by atoms with Crippen LogP contribution in [-0.4, -0.2) is 29.0 Å². The van der Waals surface area contributed by atoms with Crippen LogP contribution in [0.2, 0.25) is 0 Å². The molecule has 0 aromatic carbocycles. The molecule has 0 saturated carbocycles. The molecule has 1 fully saturated rings. The van der Waals surface area contributed by atoms with E-state index < -0.39 is 0 Å². The molecule has 2 heterocycles. The van der Waals surface area contributed by atoms with E-state index in [2.05, 4.69) is 22.9 Å². The lowest BCUT2D eigenvalue weighted by Crippen LogP contribution is -2.28. The molecule has 1 aromatic heterocycles. The molecule has 2 rings (SSSR count). The molecule has 3 nitrogen and oxygen atoms in total. The standard InChI is InChI=1S/C10H17N3.ClH/c1-8(10-3-2-5-12-10)13-6-4-9(11)7-13;/h2-3,5,8-9,12H,4,6-7,11H2,1H3;1H/t8?,9-;/m0./s1. The highest BCUT2D eigenvalue weighted by Crippen LogP contribution is 2.22. The molecule has 1 aliphatic rings. The Morgan fingerprint density at radius 3 is 2.93 bits per heavy atom. The van der Waals surface area contributed by atoms with Gasteiger partial charge in [0.2, 0.25) is 0 Å². The second kappa shape index (κ2) is 4.82. The van der Waals surface area contributed by atoms with Crippen molar-refractivity contribution in [2.75, 3.05) is 13.1 Å². The van der Waals surface area contributed by atoms with E-state index in [1.165, 1.54) is 5.69 Å². The van der Waals surface area contributed by atoms with Gasteiger partial charge in [-0.15, -0.1) is 12.4 Å². The molecule has 0 radical (unpaired) electrons. The molecular formula is C10H18ClN3. The summed E-state index contributed by atoms with van der Waals surface area (Å²) in [5, 5.41) is 0. The zero-order chi connectivity index (χ0) is 9.26. The average Bonchev–Trinajstić information content (AvgIpc) is 2.72. The van der Waals surface area contributed by atoms with E-state index in [9.17, 15) is 0 Å². The third-order valence-corrected chi connectivity index (χ3v) is 2.88. The van der Waals surface area contributed by atoms with Gasteiger partial charge in [0.15, 0.2) is 0 Å². The lowest BCUT2D eigenvalue weighted by atomic mass is 10.2. The van der Waals surface area contributed by atoms with E-state index in [1.807, 2.05) is 12.3 Å². The first kappa shape index (κ1) is 11.6. The van der Waals surface area contributed by atoms with Crippen molar-refractivity contribution < 1.29 is 0 Å². The van der Waals surface area contributed by atoms with E-state index in [4.69, 9.17) is 5.73 Å². The van der Waals surface area contributed by atoms with Gasteiger partial charge in [0.25, 0.3) is 0 Å². The van der Waals surface area contributed by atoms with Crippen LogP contribution in [0.25, 0.3) is 0 Å². The number of aromatic nitrogens is 1. The summed E-state index contributed by atoms with van der Waals surface area (Å²) in [5.41, 5.74) is 7.15. The van der Waals surface area contributed by atoms with E-state index >= 15 is 0 Å². The normalized spacial score (nSPS) is 24.6. The van der Waals surface area contributed by atoms with Gasteiger partial charge in [-0.25, -0.2) is 0 Å². The highest BCUT2D eigenvalue weighted by atomic mass is 35.5. The van der Waals surface area contributed by atoms with Gasteiger partial charge in [-0.1, -0.05) is 0 Å². The van der Waals surface area contributed by atoms with Crippen molar-refractivity contribution in [3.63, 3.8) is 0 Å². The Bertz CT molecular complexity index is 260. The Hall–Kier alpha value is -0.510. The maximum absolute atomic E-state index is 5.86. The molecule has 1 unspecified atom stereocenters. The molecule has 0 bridgehead atoms. The lowest BCUT2D eigenvalue weighted by molar-refractivity contribution is 0.256. The first-order valence-corrected chi connectivity index (χ1v) is 4.90. The number of rotatable bonds is 2. The van der Waals surface area contributed by atoms with Crippen molar-refractivity contribution in [1.82, 2.24) is 9.88 Å². The molecule has 1 saturated heterocycles. The van der Waals surface area contributed by atoms with Crippen LogP contribution in [0.15, 0.2) is 18.3 Å². The largest absolute Gasteiger partial charge is 0.364 e. The molecule has 14 heavy (non-hydrogen) atoms. The second-order valence-corrected chi connectivity index (χ2v) is 3.85. The first-order chi connectivity index (χ1) is 6.27. The van der Waals surface area contributed by atoms with Gasteiger partial charge >= 0.3 is 0 Å². The van der Waals surface area contributed by atoms with Crippen molar-refractivity contribution in [1.29, 1.82) is 0 Å². The van der Waals surface area contributed by atoms with E-state index in [-0.39, 0.29) is 12.4 Å². The molecule has 4 heteroatoms. The molecule has 1 aromatic rings. The third kappa shape index (κ3) is 2.29. The molecular weight excluding hydrogens is 198 g/mol. The summed E-state index contributed by atoms with van der Waals surface area (Å²) >= 11 is 0. The van der Waals surface area contributed by atoms with Gasteiger partial charge in [-0.05, 0) is 25.5 Å². The van der Waals surface area contributed by atoms with Crippen LogP contribution < -0.4 is 5.73 Å². The topological polar surface area (TPSA) is 45.0 Å². The van der Waals surface area contributed by atoms with Crippen molar-refractivity contribution in [2.45, 2.75) is 25.4 Å². The smallest absolute Gasteiger partial charge is 0.0470 e. The number of nitrogens with zero attached hydrogens (tertiary/aromatic N) is 1. The lowest BCUT2D eigenvalue weighted by Gasteiger charge is -2.22. The van der Waals surface area contributed by atoms with Crippen LogP contribution >= 0.6 is 12.4 Å². The van der Waals surface area contributed by atoms with Crippen LogP contribution in [0, 0.1) is 0 Å². The molecule has 3 N–H and O–H groups in total. The quantitative estimate of drug-likeness (QED) is 0.786. The Kier molecular flexibility index (Phi) is 3.98. The van der Waals surface area contributed by atoms with Crippen LogP contribution in [0.3, 0.4) is 0 Å². The summed E-state index contributed by atoms with van der Waals surface area (Å²) in [6.45, 7) is 4.38. The SMILES string of the molecule is CC(c1ccc[nH]1)N1CC[C@H](N)C1.Cl. The zero-order valence-electron chi connectivity index (χ0n) is 8.44. The average molecular weight is 216 g/mol. The fourth-order valence-electron chi connectivity index (χ4n) is 1.97. The van der Waals surface area contributed by atoms with Crippen molar-refractivity contribution in [2.24, 2.45) is 5.73 Å². The molecule has 0 amide bonds. The van der Waals surface area contributed by atoms with Gasteiger partial charge in [0, 0.05) is 37.1 Å². The molecule has 1 aliphatic heterocycles. The highest BCUT2D eigenvalue weighted by Gasteiger charge is 2.24. The number of H-pyrrole nitrogens is 1. The first-order valence-electron chi connectivity index (χ1n) is 4.90. The summed E-state index contributed by atoms with van der Waals surface area (Å²) in [6, 6.07) is 5.03. The second-order valence-electron chi connectivity index (χ2n) is 3.85. The number of nitrogens with one attached hydrogen (secondary N) is 1. The Balaban J connectivity index is 0.000000980. The summed E-state index contributed by atoms with van der Waals surface area (Å²) in [5.74, 6) is 0. The van der Waals surface area contributed by atoms with Crippen LogP contribution in [0.1, 0.15) is 25.1 Å². The monoisotopic (exact) mass is 215 g/mol. The fraction of sp³-hybridized carbons (Fsp3) is 0.600. The Labute approximate surface area is 91.1 Å². The predicted molar refractivity (Wildman–Crippen MR) is 60.6 cm³/mol. The van der Waals surface area contributed by atoms with E-state index in [0.29, 0.717) is 12.1 Å². The maximum atomic E-state index is 5.86. The van der Waals surface area contributed by atoms with Crippen molar-refractivity contribution >= 4 is 12.4 Å². The molecule has 0 aliphatic carbocycles. The summed E-state index contributed by atoms with van der Waals surface area (Å²) < 4.78 is 0. The van der Waals surface area contributed by atoms with Gasteiger partial charge < -0.3 is 10.7 Å². The number of hydrogen-bond donors (Lipinski definition) is 2. The van der Waals surface area contributed by atoms with Gasteiger partial charge in [0.1, 0.15) is 0 Å². The highest BCUT2D eigenvalue weighted by molar-refractivity contribution is 5.85. The number of aromatic amines is 1. The Morgan fingerprint density at radius 2 is 2.43 bits per heavy atom. The number of likely N-dealkylation sites (tertiary alicyclic amines) is 1. The summed E-state index contributed by atoms with van der Waals surface area (Å²) in [7, 11) is 0. The zero-order valence-corrected chi connectivity index (χ0v) is 9.26. The van der Waals surface area contributed by atoms with Crippen molar-refractivity contribution in [3.05, 3.63) is 24.0 Å². The molecule has 2 atom stereocenters. The van der Waals surface area contributed by atoms with Crippen molar-refractivity contribution in [3.8, 4) is 0 Å². The minimum Gasteiger partial charge on any atom is -0.364 e. The number of hydrogen-bond acceptors (Lipinski definition) is 2. The van der Waals surface area contributed by atoms with E-state index in [1.54, 1.807) is 0 Å². The minimum absolute atomic E-state index is 0. The third-order valence-electron chi connectivity index (χ3n) is 2.88. The van der Waals surface area contributed by atoms with Crippen LogP contribution in [0.4, 0.5) is 0 Å². The van der Waals surface area contributed by atoms with Gasteiger partial charge in [-0.3, -0.25) is 4.90 Å². The predicted octanol–water partition coefficient (Wildman–Crippen LogP) is 1.53.